The predicted molar refractivity (Wildman–Crippen MR) is 94.1 cm³/mol. The fourth-order valence-corrected chi connectivity index (χ4v) is 3.59. The van der Waals surface area contributed by atoms with E-state index in [0.717, 1.165) is 64.0 Å². The van der Waals surface area contributed by atoms with Crippen molar-refractivity contribution in [3.63, 3.8) is 0 Å². The van der Waals surface area contributed by atoms with Crippen molar-refractivity contribution in [1.29, 1.82) is 0 Å². The Morgan fingerprint density at radius 3 is 2.62 bits per heavy atom. The highest BCUT2D eigenvalue weighted by molar-refractivity contribution is 5.50. The van der Waals surface area contributed by atoms with Crippen LogP contribution in [0.15, 0.2) is 30.3 Å². The lowest BCUT2D eigenvalue weighted by Gasteiger charge is -2.34. The molecule has 0 radical (unpaired) electrons. The van der Waals surface area contributed by atoms with Crippen LogP contribution in [0.1, 0.15) is 22.6 Å². The third-order valence-electron chi connectivity index (χ3n) is 4.79. The molecule has 1 aromatic heterocycles. The summed E-state index contributed by atoms with van der Waals surface area (Å²) in [4.78, 5) is 14.4. The lowest BCUT2D eigenvalue weighted by molar-refractivity contribution is 0.122. The van der Waals surface area contributed by atoms with E-state index in [1.165, 1.54) is 16.8 Å². The van der Waals surface area contributed by atoms with Gasteiger partial charge in [0, 0.05) is 44.7 Å². The Labute approximate surface area is 143 Å². The standard InChI is InChI=1S/C19H24N4O/c1-15-20-18-7-8-22(13-16-5-3-2-4-6-16)14-17(18)19(21-15)23-9-11-24-12-10-23/h2-6H,7-14H2,1H3. The molecule has 5 nitrogen and oxygen atoms in total. The molecule has 0 bridgehead atoms. The first kappa shape index (κ1) is 15.5. The molecule has 1 fully saturated rings. The van der Waals surface area contributed by atoms with E-state index in [0.29, 0.717) is 0 Å². The molecule has 126 valence electrons. The molecule has 3 heterocycles. The molecule has 4 rings (SSSR count). The SMILES string of the molecule is Cc1nc2c(c(N3CCOCC3)n1)CN(Cc1ccccc1)CC2. The van der Waals surface area contributed by atoms with Gasteiger partial charge in [-0.2, -0.15) is 0 Å². The summed E-state index contributed by atoms with van der Waals surface area (Å²) in [5.41, 5.74) is 3.90. The molecule has 0 saturated carbocycles. The Balaban J connectivity index is 1.59. The van der Waals surface area contributed by atoms with Crippen molar-refractivity contribution in [3.8, 4) is 0 Å². The van der Waals surface area contributed by atoms with Gasteiger partial charge in [-0.05, 0) is 12.5 Å². The van der Waals surface area contributed by atoms with Crippen molar-refractivity contribution in [2.24, 2.45) is 0 Å². The molecule has 2 aliphatic rings. The number of morpholine rings is 1. The van der Waals surface area contributed by atoms with Crippen LogP contribution in [-0.4, -0.2) is 47.7 Å². The second-order valence-electron chi connectivity index (χ2n) is 6.57. The van der Waals surface area contributed by atoms with Gasteiger partial charge in [0.05, 0.1) is 18.9 Å². The minimum atomic E-state index is 0.783. The third-order valence-corrected chi connectivity index (χ3v) is 4.79. The van der Waals surface area contributed by atoms with Crippen LogP contribution in [0.25, 0.3) is 0 Å². The first-order valence-corrected chi connectivity index (χ1v) is 8.75. The number of anilines is 1. The van der Waals surface area contributed by atoms with Crippen molar-refractivity contribution in [3.05, 3.63) is 53.0 Å². The summed E-state index contributed by atoms with van der Waals surface area (Å²) in [6, 6.07) is 10.7. The van der Waals surface area contributed by atoms with Crippen molar-refractivity contribution in [2.75, 3.05) is 37.7 Å². The van der Waals surface area contributed by atoms with Gasteiger partial charge in [-0.15, -0.1) is 0 Å². The van der Waals surface area contributed by atoms with Crippen molar-refractivity contribution in [2.45, 2.75) is 26.4 Å². The monoisotopic (exact) mass is 324 g/mol. The van der Waals surface area contributed by atoms with E-state index < -0.39 is 0 Å². The molecule has 0 aliphatic carbocycles. The summed E-state index contributed by atoms with van der Waals surface area (Å²) in [7, 11) is 0. The maximum absolute atomic E-state index is 5.50. The van der Waals surface area contributed by atoms with E-state index in [1.807, 2.05) is 6.92 Å². The number of benzene rings is 1. The fourth-order valence-electron chi connectivity index (χ4n) is 3.59. The van der Waals surface area contributed by atoms with Crippen LogP contribution in [0, 0.1) is 6.92 Å². The molecular formula is C19H24N4O. The van der Waals surface area contributed by atoms with E-state index in [2.05, 4.69) is 40.1 Å². The van der Waals surface area contributed by atoms with Gasteiger partial charge in [0.25, 0.3) is 0 Å². The molecule has 24 heavy (non-hydrogen) atoms. The fraction of sp³-hybridized carbons (Fsp3) is 0.474. The number of hydrogen-bond donors (Lipinski definition) is 0. The zero-order valence-corrected chi connectivity index (χ0v) is 14.2. The van der Waals surface area contributed by atoms with Gasteiger partial charge < -0.3 is 9.64 Å². The molecular weight excluding hydrogens is 300 g/mol. The smallest absolute Gasteiger partial charge is 0.137 e. The van der Waals surface area contributed by atoms with Crippen molar-refractivity contribution >= 4 is 5.82 Å². The molecule has 0 unspecified atom stereocenters. The largest absolute Gasteiger partial charge is 0.378 e. The topological polar surface area (TPSA) is 41.5 Å². The molecule has 1 aromatic carbocycles. The van der Waals surface area contributed by atoms with Crippen molar-refractivity contribution < 1.29 is 4.74 Å². The molecule has 1 saturated heterocycles. The van der Waals surface area contributed by atoms with Crippen LogP contribution in [0.4, 0.5) is 5.82 Å². The Bertz CT molecular complexity index is 698. The maximum atomic E-state index is 5.50. The lowest BCUT2D eigenvalue weighted by Crippen LogP contribution is -2.39. The summed E-state index contributed by atoms with van der Waals surface area (Å²) in [6.07, 6.45) is 1.00. The van der Waals surface area contributed by atoms with Crippen LogP contribution in [-0.2, 0) is 24.2 Å². The van der Waals surface area contributed by atoms with E-state index in [4.69, 9.17) is 14.7 Å². The van der Waals surface area contributed by atoms with Gasteiger partial charge in [-0.25, -0.2) is 9.97 Å². The minimum Gasteiger partial charge on any atom is -0.378 e. The Kier molecular flexibility index (Phi) is 4.45. The summed E-state index contributed by atoms with van der Waals surface area (Å²) in [6.45, 7) is 8.37. The summed E-state index contributed by atoms with van der Waals surface area (Å²) >= 11 is 0. The maximum Gasteiger partial charge on any atom is 0.137 e. The predicted octanol–water partition coefficient (Wildman–Crippen LogP) is 2.18. The van der Waals surface area contributed by atoms with Crippen LogP contribution in [0.5, 0.6) is 0 Å². The number of rotatable bonds is 3. The van der Waals surface area contributed by atoms with Gasteiger partial charge in [0.15, 0.2) is 0 Å². The van der Waals surface area contributed by atoms with Gasteiger partial charge in [0.1, 0.15) is 11.6 Å². The lowest BCUT2D eigenvalue weighted by atomic mass is 10.0. The number of hydrogen-bond acceptors (Lipinski definition) is 5. The highest BCUT2D eigenvalue weighted by Gasteiger charge is 2.25. The summed E-state index contributed by atoms with van der Waals surface area (Å²) in [5, 5.41) is 0. The van der Waals surface area contributed by atoms with Crippen LogP contribution < -0.4 is 4.90 Å². The van der Waals surface area contributed by atoms with E-state index >= 15 is 0 Å². The van der Waals surface area contributed by atoms with E-state index in [1.54, 1.807) is 0 Å². The first-order chi connectivity index (χ1) is 11.8. The number of nitrogens with zero attached hydrogens (tertiary/aromatic N) is 4. The van der Waals surface area contributed by atoms with Crippen LogP contribution in [0.3, 0.4) is 0 Å². The molecule has 0 spiro atoms. The molecule has 2 aliphatic heterocycles. The quantitative estimate of drug-likeness (QED) is 0.866. The van der Waals surface area contributed by atoms with Gasteiger partial charge in [-0.1, -0.05) is 30.3 Å². The average Bonchev–Trinajstić information content (AvgIpc) is 2.63. The second kappa shape index (κ2) is 6.87. The zero-order valence-electron chi connectivity index (χ0n) is 14.2. The second-order valence-corrected chi connectivity index (χ2v) is 6.57. The van der Waals surface area contributed by atoms with Gasteiger partial charge in [-0.3, -0.25) is 4.90 Å². The summed E-state index contributed by atoms with van der Waals surface area (Å²) < 4.78 is 5.50. The Hall–Kier alpha value is -1.98. The number of aryl methyl sites for hydroxylation is 1. The average molecular weight is 324 g/mol. The molecule has 2 aromatic rings. The first-order valence-electron chi connectivity index (χ1n) is 8.75. The molecule has 0 atom stereocenters. The van der Waals surface area contributed by atoms with Crippen LogP contribution in [0.2, 0.25) is 0 Å². The molecule has 5 heteroatoms. The normalized spacial score (nSPS) is 18.5. The Morgan fingerprint density at radius 1 is 1.04 bits per heavy atom. The van der Waals surface area contributed by atoms with E-state index in [9.17, 15) is 0 Å². The van der Waals surface area contributed by atoms with E-state index in [-0.39, 0.29) is 0 Å². The molecule has 0 N–H and O–H groups in total. The van der Waals surface area contributed by atoms with Crippen molar-refractivity contribution in [1.82, 2.24) is 14.9 Å². The molecule has 0 amide bonds. The minimum absolute atomic E-state index is 0.783. The highest BCUT2D eigenvalue weighted by Crippen LogP contribution is 2.28. The van der Waals surface area contributed by atoms with Crippen LogP contribution >= 0.6 is 0 Å². The number of ether oxygens (including phenoxy) is 1. The zero-order chi connectivity index (χ0) is 16.4. The number of fused-ring (bicyclic) bond motifs is 1. The summed E-state index contributed by atoms with van der Waals surface area (Å²) in [5.74, 6) is 2.00. The van der Waals surface area contributed by atoms with Gasteiger partial charge >= 0.3 is 0 Å². The van der Waals surface area contributed by atoms with Gasteiger partial charge in [0.2, 0.25) is 0 Å². The Morgan fingerprint density at radius 2 is 1.83 bits per heavy atom. The highest BCUT2D eigenvalue weighted by atomic mass is 16.5. The third kappa shape index (κ3) is 3.28. The number of aromatic nitrogens is 2.